The first-order chi connectivity index (χ1) is 9.12. The molecule has 0 aromatic rings. The van der Waals surface area contributed by atoms with Gasteiger partial charge in [-0.25, -0.2) is 0 Å². The van der Waals surface area contributed by atoms with Gasteiger partial charge in [-0.05, 0) is 6.92 Å². The highest BCUT2D eigenvalue weighted by atomic mass is 32.3. The van der Waals surface area contributed by atoms with Crippen molar-refractivity contribution in [3.63, 3.8) is 0 Å². The Morgan fingerprint density at radius 1 is 0.900 bits per heavy atom. The summed E-state index contributed by atoms with van der Waals surface area (Å²) in [5.74, 6) is 0. The highest BCUT2D eigenvalue weighted by molar-refractivity contribution is 7.79. The van der Waals surface area contributed by atoms with Gasteiger partial charge in [-0.1, -0.05) is 0 Å². The minimum atomic E-state index is -4.67. The minimum absolute atomic E-state index is 0.0694. The SMILES string of the molecule is CC(O)CO.O=S(=O)(O)O.OCCN(CCO)CCO. The third-order valence-corrected chi connectivity index (χ3v) is 1.51. The van der Waals surface area contributed by atoms with Crippen molar-refractivity contribution >= 4 is 10.4 Å². The molecule has 11 heteroatoms. The van der Waals surface area contributed by atoms with Crippen LogP contribution >= 0.6 is 0 Å². The molecule has 0 spiro atoms. The quantitative estimate of drug-likeness (QED) is 0.238. The number of rotatable bonds is 7. The van der Waals surface area contributed by atoms with Crippen LogP contribution in [0.2, 0.25) is 0 Å². The predicted octanol–water partition coefficient (Wildman–Crippen LogP) is -3.03. The molecule has 1 unspecified atom stereocenters. The summed E-state index contributed by atoms with van der Waals surface area (Å²) in [5.41, 5.74) is 0. The van der Waals surface area contributed by atoms with Gasteiger partial charge in [0, 0.05) is 19.6 Å². The van der Waals surface area contributed by atoms with Gasteiger partial charge >= 0.3 is 10.4 Å². The lowest BCUT2D eigenvalue weighted by molar-refractivity contribution is 0.110. The molecule has 0 bridgehead atoms. The monoisotopic (exact) mass is 323 g/mol. The maximum atomic E-state index is 8.74. The van der Waals surface area contributed by atoms with Gasteiger partial charge in [0.15, 0.2) is 0 Å². The Morgan fingerprint density at radius 3 is 1.20 bits per heavy atom. The summed E-state index contributed by atoms with van der Waals surface area (Å²) in [4.78, 5) is 1.79. The van der Waals surface area contributed by atoms with Gasteiger partial charge < -0.3 is 25.5 Å². The van der Waals surface area contributed by atoms with Crippen molar-refractivity contribution < 1.29 is 43.1 Å². The number of hydrogen-bond donors (Lipinski definition) is 7. The molecule has 0 amide bonds. The minimum Gasteiger partial charge on any atom is -0.395 e. The fourth-order valence-electron chi connectivity index (χ4n) is 0.760. The molecule has 7 N–H and O–H groups in total. The Morgan fingerprint density at radius 2 is 1.10 bits per heavy atom. The van der Waals surface area contributed by atoms with Gasteiger partial charge in [0.2, 0.25) is 0 Å². The molecular formula is C9H25NO9S. The van der Waals surface area contributed by atoms with E-state index in [9.17, 15) is 0 Å². The van der Waals surface area contributed by atoms with E-state index in [4.69, 9.17) is 43.1 Å². The summed E-state index contributed by atoms with van der Waals surface area (Å²) in [6.07, 6.45) is -0.560. The molecule has 10 nitrogen and oxygen atoms in total. The van der Waals surface area contributed by atoms with Crippen LogP contribution in [0, 0.1) is 0 Å². The lowest BCUT2D eigenvalue weighted by atomic mass is 10.4. The molecule has 0 aromatic carbocycles. The summed E-state index contributed by atoms with van der Waals surface area (Å²) in [7, 11) is -4.67. The molecule has 0 radical (unpaired) electrons. The van der Waals surface area contributed by atoms with Crippen molar-refractivity contribution in [2.45, 2.75) is 13.0 Å². The second-order valence-corrected chi connectivity index (χ2v) is 4.39. The smallest absolute Gasteiger partial charge is 0.394 e. The fraction of sp³-hybridized carbons (Fsp3) is 1.00. The second kappa shape index (κ2) is 16.7. The summed E-state index contributed by atoms with van der Waals surface area (Å²) in [6, 6.07) is 0. The van der Waals surface area contributed by atoms with Crippen LogP contribution in [0.3, 0.4) is 0 Å². The molecule has 0 heterocycles. The van der Waals surface area contributed by atoms with Crippen molar-refractivity contribution in [2.24, 2.45) is 0 Å². The maximum Gasteiger partial charge on any atom is 0.394 e. The molecular weight excluding hydrogens is 298 g/mol. The zero-order valence-corrected chi connectivity index (χ0v) is 12.1. The number of aliphatic hydroxyl groups excluding tert-OH is 5. The highest BCUT2D eigenvalue weighted by Gasteiger charge is 2.00. The summed E-state index contributed by atoms with van der Waals surface area (Å²) in [6.45, 7) is 3.14. The normalized spacial score (nSPS) is 12.1. The molecule has 20 heavy (non-hydrogen) atoms. The van der Waals surface area contributed by atoms with Crippen LogP contribution < -0.4 is 0 Å². The summed E-state index contributed by atoms with van der Waals surface area (Å²) >= 11 is 0. The van der Waals surface area contributed by atoms with Gasteiger partial charge in [-0.2, -0.15) is 8.42 Å². The fourth-order valence-corrected chi connectivity index (χ4v) is 0.760. The van der Waals surface area contributed by atoms with Crippen LogP contribution in [0.1, 0.15) is 6.92 Å². The average molecular weight is 323 g/mol. The third-order valence-electron chi connectivity index (χ3n) is 1.51. The number of nitrogens with zero attached hydrogens (tertiary/aromatic N) is 1. The van der Waals surface area contributed by atoms with Crippen LogP contribution in [0.25, 0.3) is 0 Å². The van der Waals surface area contributed by atoms with E-state index in [1.807, 2.05) is 0 Å². The first-order valence-electron chi connectivity index (χ1n) is 5.66. The molecule has 0 rings (SSSR count). The maximum absolute atomic E-state index is 8.74. The second-order valence-electron chi connectivity index (χ2n) is 3.49. The van der Waals surface area contributed by atoms with Gasteiger partial charge in [0.1, 0.15) is 0 Å². The Hall–Kier alpha value is -0.370. The van der Waals surface area contributed by atoms with E-state index < -0.39 is 16.5 Å². The number of hydrogen-bond acceptors (Lipinski definition) is 8. The van der Waals surface area contributed by atoms with Crippen molar-refractivity contribution in [1.82, 2.24) is 4.90 Å². The first-order valence-corrected chi connectivity index (χ1v) is 7.05. The lowest BCUT2D eigenvalue weighted by Crippen LogP contribution is -2.32. The molecule has 0 aliphatic carbocycles. The molecule has 126 valence electrons. The topological polar surface area (TPSA) is 179 Å². The zero-order valence-electron chi connectivity index (χ0n) is 11.3. The molecule has 0 fully saturated rings. The lowest BCUT2D eigenvalue weighted by Gasteiger charge is -2.17. The number of aliphatic hydroxyl groups is 5. The van der Waals surface area contributed by atoms with E-state index in [1.165, 1.54) is 6.92 Å². The molecule has 1 atom stereocenters. The molecule has 0 saturated heterocycles. The Bertz CT molecular complexity index is 248. The van der Waals surface area contributed by atoms with Gasteiger partial charge in [0.25, 0.3) is 0 Å². The van der Waals surface area contributed by atoms with Crippen LogP contribution in [0.4, 0.5) is 0 Å². The van der Waals surface area contributed by atoms with Crippen LogP contribution in [0.15, 0.2) is 0 Å². The Balaban J connectivity index is -0.000000244. The standard InChI is InChI=1S/C6H15NO3.C3H8O2.H2O4S/c8-4-1-7(2-5-9)3-6-10;1-3(5)2-4;1-5(2,3)4/h8-10H,1-6H2;3-5H,2H2,1H3;(H2,1,2,3,4). The molecule has 0 aliphatic heterocycles. The molecule has 0 saturated carbocycles. The summed E-state index contributed by atoms with van der Waals surface area (Å²) < 4.78 is 31.6. The van der Waals surface area contributed by atoms with E-state index in [2.05, 4.69) is 0 Å². The van der Waals surface area contributed by atoms with Crippen LogP contribution in [0.5, 0.6) is 0 Å². The third kappa shape index (κ3) is 43.1. The van der Waals surface area contributed by atoms with Crippen molar-refractivity contribution in [2.75, 3.05) is 46.1 Å². The highest BCUT2D eigenvalue weighted by Crippen LogP contribution is 1.84. The van der Waals surface area contributed by atoms with E-state index in [0.29, 0.717) is 19.6 Å². The van der Waals surface area contributed by atoms with Crippen molar-refractivity contribution in [3.8, 4) is 0 Å². The first kappa shape index (κ1) is 24.6. The van der Waals surface area contributed by atoms with Crippen molar-refractivity contribution in [1.29, 1.82) is 0 Å². The molecule has 0 aliphatic rings. The Kier molecular flexibility index (Phi) is 20.6. The average Bonchev–Trinajstić information content (AvgIpc) is 2.28. The Labute approximate surface area is 118 Å². The largest absolute Gasteiger partial charge is 0.395 e. The van der Waals surface area contributed by atoms with E-state index in [1.54, 1.807) is 4.90 Å². The van der Waals surface area contributed by atoms with Crippen LogP contribution in [-0.4, -0.2) is 100 Å². The van der Waals surface area contributed by atoms with E-state index >= 15 is 0 Å². The zero-order chi connectivity index (χ0) is 16.6. The van der Waals surface area contributed by atoms with Gasteiger partial charge in [-0.15, -0.1) is 0 Å². The van der Waals surface area contributed by atoms with E-state index in [-0.39, 0.29) is 26.4 Å². The van der Waals surface area contributed by atoms with Crippen LogP contribution in [-0.2, 0) is 10.4 Å². The molecule has 0 aromatic heterocycles. The van der Waals surface area contributed by atoms with E-state index in [0.717, 1.165) is 0 Å². The van der Waals surface area contributed by atoms with Crippen molar-refractivity contribution in [3.05, 3.63) is 0 Å². The predicted molar refractivity (Wildman–Crippen MR) is 70.6 cm³/mol. The summed E-state index contributed by atoms with van der Waals surface area (Å²) in [5, 5.41) is 41.5. The van der Waals surface area contributed by atoms with Gasteiger partial charge in [-0.3, -0.25) is 14.0 Å². The van der Waals surface area contributed by atoms with Gasteiger partial charge in [0.05, 0.1) is 32.5 Å².